The SMILES string of the molecule is O=C(Cc1ccc([N+](=O)[O-])cc1)N(CCCN1CCOCC1)c1nc2ccccc2s1. The van der Waals surface area contributed by atoms with E-state index in [1.807, 2.05) is 24.3 Å². The molecule has 162 valence electrons. The number of thiazole rings is 1. The number of benzene rings is 2. The van der Waals surface area contributed by atoms with Gasteiger partial charge in [-0.1, -0.05) is 35.6 Å². The summed E-state index contributed by atoms with van der Waals surface area (Å²) in [6.07, 6.45) is 1.01. The summed E-state index contributed by atoms with van der Waals surface area (Å²) in [6.45, 7) is 4.80. The molecule has 0 radical (unpaired) electrons. The van der Waals surface area contributed by atoms with Crippen molar-refractivity contribution in [1.82, 2.24) is 9.88 Å². The average Bonchev–Trinajstić information content (AvgIpc) is 3.21. The average molecular weight is 441 g/mol. The highest BCUT2D eigenvalue weighted by atomic mass is 32.1. The number of fused-ring (bicyclic) bond motifs is 1. The number of hydrogen-bond donors (Lipinski definition) is 0. The Labute approximate surface area is 184 Å². The number of anilines is 1. The number of nitro benzene ring substituents is 1. The highest BCUT2D eigenvalue weighted by Gasteiger charge is 2.21. The standard InChI is InChI=1S/C22H24N4O4S/c27-21(16-17-6-8-18(9-7-17)26(28)29)25(11-3-10-24-12-14-30-15-13-24)22-23-19-4-1-2-5-20(19)31-22/h1-2,4-9H,3,10-16H2. The summed E-state index contributed by atoms with van der Waals surface area (Å²) in [6, 6.07) is 14.0. The van der Waals surface area contributed by atoms with E-state index in [-0.39, 0.29) is 18.0 Å². The van der Waals surface area contributed by atoms with Crippen LogP contribution in [0.5, 0.6) is 0 Å². The lowest BCUT2D eigenvalue weighted by Crippen LogP contribution is -2.39. The summed E-state index contributed by atoms with van der Waals surface area (Å²) in [5, 5.41) is 11.6. The van der Waals surface area contributed by atoms with Crippen molar-refractivity contribution < 1.29 is 14.5 Å². The monoisotopic (exact) mass is 440 g/mol. The Morgan fingerprint density at radius 2 is 1.90 bits per heavy atom. The fraction of sp³-hybridized carbons (Fsp3) is 0.364. The molecule has 1 aromatic heterocycles. The topological polar surface area (TPSA) is 88.8 Å². The van der Waals surface area contributed by atoms with Crippen LogP contribution in [0.4, 0.5) is 10.8 Å². The minimum atomic E-state index is -0.440. The lowest BCUT2D eigenvalue weighted by atomic mass is 10.1. The minimum absolute atomic E-state index is 0.0183. The Balaban J connectivity index is 1.48. The quantitative estimate of drug-likeness (QED) is 0.393. The summed E-state index contributed by atoms with van der Waals surface area (Å²) in [7, 11) is 0. The van der Waals surface area contributed by atoms with E-state index in [2.05, 4.69) is 9.88 Å². The van der Waals surface area contributed by atoms with Crippen LogP contribution < -0.4 is 4.90 Å². The normalized spacial score (nSPS) is 14.6. The maximum Gasteiger partial charge on any atom is 0.269 e. The van der Waals surface area contributed by atoms with Gasteiger partial charge in [0.25, 0.3) is 5.69 Å². The second-order valence-electron chi connectivity index (χ2n) is 7.42. The van der Waals surface area contributed by atoms with Crippen molar-refractivity contribution in [2.75, 3.05) is 44.3 Å². The number of rotatable bonds is 8. The van der Waals surface area contributed by atoms with E-state index >= 15 is 0 Å². The fourth-order valence-electron chi connectivity index (χ4n) is 3.59. The molecule has 1 aliphatic rings. The fourth-order valence-corrected chi connectivity index (χ4v) is 4.59. The van der Waals surface area contributed by atoms with E-state index in [1.54, 1.807) is 17.0 Å². The molecule has 0 aliphatic carbocycles. The highest BCUT2D eigenvalue weighted by Crippen LogP contribution is 2.29. The number of aromatic nitrogens is 1. The van der Waals surface area contributed by atoms with Gasteiger partial charge in [-0.3, -0.25) is 24.7 Å². The van der Waals surface area contributed by atoms with E-state index in [1.165, 1.54) is 23.5 Å². The van der Waals surface area contributed by atoms with Gasteiger partial charge in [-0.05, 0) is 24.1 Å². The van der Waals surface area contributed by atoms with Gasteiger partial charge in [-0.2, -0.15) is 0 Å². The van der Waals surface area contributed by atoms with Crippen molar-refractivity contribution in [3.63, 3.8) is 0 Å². The molecule has 1 amide bonds. The van der Waals surface area contributed by atoms with E-state index < -0.39 is 4.92 Å². The van der Waals surface area contributed by atoms with Gasteiger partial charge >= 0.3 is 0 Å². The maximum atomic E-state index is 13.2. The van der Waals surface area contributed by atoms with Crippen molar-refractivity contribution in [2.24, 2.45) is 0 Å². The first-order valence-corrected chi connectivity index (χ1v) is 11.1. The largest absolute Gasteiger partial charge is 0.379 e. The first-order valence-electron chi connectivity index (χ1n) is 10.3. The molecule has 9 heteroatoms. The van der Waals surface area contributed by atoms with Crippen LogP contribution >= 0.6 is 11.3 Å². The van der Waals surface area contributed by atoms with Gasteiger partial charge in [0.2, 0.25) is 5.91 Å². The zero-order chi connectivity index (χ0) is 21.6. The van der Waals surface area contributed by atoms with E-state index in [4.69, 9.17) is 4.74 Å². The maximum absolute atomic E-state index is 13.2. The molecule has 0 atom stereocenters. The van der Waals surface area contributed by atoms with Crippen LogP contribution in [0.1, 0.15) is 12.0 Å². The summed E-state index contributed by atoms with van der Waals surface area (Å²) in [5.41, 5.74) is 1.64. The second kappa shape index (κ2) is 9.95. The van der Waals surface area contributed by atoms with Crippen molar-refractivity contribution in [3.05, 3.63) is 64.2 Å². The van der Waals surface area contributed by atoms with Gasteiger partial charge in [0.15, 0.2) is 5.13 Å². The molecule has 0 spiro atoms. The molecule has 2 heterocycles. The predicted octanol–water partition coefficient (Wildman–Crippen LogP) is 3.50. The van der Waals surface area contributed by atoms with E-state index in [0.29, 0.717) is 11.7 Å². The van der Waals surface area contributed by atoms with Gasteiger partial charge in [0, 0.05) is 38.3 Å². The van der Waals surface area contributed by atoms with Crippen LogP contribution in [0.2, 0.25) is 0 Å². The smallest absolute Gasteiger partial charge is 0.269 e. The van der Waals surface area contributed by atoms with Crippen LogP contribution in [0.15, 0.2) is 48.5 Å². The molecule has 1 aliphatic heterocycles. The predicted molar refractivity (Wildman–Crippen MR) is 121 cm³/mol. The molecule has 4 rings (SSSR count). The zero-order valence-electron chi connectivity index (χ0n) is 17.1. The molecule has 0 N–H and O–H groups in total. The molecule has 31 heavy (non-hydrogen) atoms. The molecular weight excluding hydrogens is 416 g/mol. The van der Waals surface area contributed by atoms with Crippen molar-refractivity contribution in [3.8, 4) is 0 Å². The molecule has 1 fully saturated rings. The van der Waals surface area contributed by atoms with Crippen LogP contribution in [0, 0.1) is 10.1 Å². The summed E-state index contributed by atoms with van der Waals surface area (Å²) >= 11 is 1.51. The molecule has 0 bridgehead atoms. The van der Waals surface area contributed by atoms with Crippen LogP contribution in [-0.2, 0) is 16.0 Å². The van der Waals surface area contributed by atoms with E-state index in [0.717, 1.165) is 55.0 Å². The molecule has 3 aromatic rings. The lowest BCUT2D eigenvalue weighted by molar-refractivity contribution is -0.384. The third kappa shape index (κ3) is 5.43. The summed E-state index contributed by atoms with van der Waals surface area (Å²) < 4.78 is 6.44. The zero-order valence-corrected chi connectivity index (χ0v) is 17.9. The number of carbonyl (C=O) groups is 1. The summed E-state index contributed by atoms with van der Waals surface area (Å²) in [5.74, 6) is -0.0603. The van der Waals surface area contributed by atoms with Crippen molar-refractivity contribution in [1.29, 1.82) is 0 Å². The number of hydrogen-bond acceptors (Lipinski definition) is 7. The van der Waals surface area contributed by atoms with Crippen LogP contribution in [0.3, 0.4) is 0 Å². The van der Waals surface area contributed by atoms with Gasteiger partial charge < -0.3 is 4.74 Å². The first kappa shape index (κ1) is 21.4. The Morgan fingerprint density at radius 1 is 1.16 bits per heavy atom. The number of amides is 1. The Kier molecular flexibility index (Phi) is 6.86. The number of non-ortho nitro benzene ring substituents is 1. The number of carbonyl (C=O) groups excluding carboxylic acids is 1. The minimum Gasteiger partial charge on any atom is -0.379 e. The Morgan fingerprint density at radius 3 is 2.61 bits per heavy atom. The second-order valence-corrected chi connectivity index (χ2v) is 8.43. The molecular formula is C22H24N4O4S. The lowest BCUT2D eigenvalue weighted by Gasteiger charge is -2.27. The Hall–Kier alpha value is -2.88. The molecule has 0 saturated carbocycles. The van der Waals surface area contributed by atoms with Crippen molar-refractivity contribution >= 4 is 38.3 Å². The third-order valence-corrected chi connectivity index (χ3v) is 6.34. The number of ether oxygens (including phenoxy) is 1. The van der Waals surface area contributed by atoms with E-state index in [9.17, 15) is 14.9 Å². The number of morpholine rings is 1. The number of para-hydroxylation sites is 1. The van der Waals surface area contributed by atoms with Gasteiger partial charge in [0.1, 0.15) is 0 Å². The summed E-state index contributed by atoms with van der Waals surface area (Å²) in [4.78, 5) is 32.4. The Bertz CT molecular complexity index is 1010. The first-order chi connectivity index (χ1) is 15.1. The highest BCUT2D eigenvalue weighted by molar-refractivity contribution is 7.22. The molecule has 1 saturated heterocycles. The molecule has 0 unspecified atom stereocenters. The van der Waals surface area contributed by atoms with Crippen LogP contribution in [-0.4, -0.2) is 60.1 Å². The number of nitrogens with zero attached hydrogens (tertiary/aromatic N) is 4. The van der Waals surface area contributed by atoms with Gasteiger partial charge in [0.05, 0.1) is 34.8 Å². The third-order valence-electron chi connectivity index (χ3n) is 5.28. The van der Waals surface area contributed by atoms with Crippen molar-refractivity contribution in [2.45, 2.75) is 12.8 Å². The van der Waals surface area contributed by atoms with Gasteiger partial charge in [-0.15, -0.1) is 0 Å². The number of nitro groups is 1. The molecule has 2 aromatic carbocycles. The van der Waals surface area contributed by atoms with Gasteiger partial charge in [-0.25, -0.2) is 4.98 Å². The molecule has 8 nitrogen and oxygen atoms in total. The van der Waals surface area contributed by atoms with Crippen LogP contribution in [0.25, 0.3) is 10.2 Å².